The Bertz CT molecular complexity index is 1150. The van der Waals surface area contributed by atoms with E-state index in [1.807, 2.05) is 29.9 Å². The molecule has 174 valence electrons. The summed E-state index contributed by atoms with van der Waals surface area (Å²) in [6.07, 6.45) is 11.7. The number of benzene rings is 1. The Morgan fingerprint density at radius 3 is 2.76 bits per heavy atom. The first-order valence-electron chi connectivity index (χ1n) is 12.1. The molecule has 8 heteroatoms. The molecule has 0 aliphatic carbocycles. The number of rotatable bonds is 4. The van der Waals surface area contributed by atoms with Crippen LogP contribution in [0.25, 0.3) is 11.1 Å². The lowest BCUT2D eigenvalue weighted by molar-refractivity contribution is 0.0652. The minimum absolute atomic E-state index is 0.458. The minimum Gasteiger partial charge on any atom is -0.381 e. The van der Waals surface area contributed by atoms with Crippen LogP contribution in [0.1, 0.15) is 42.1 Å². The van der Waals surface area contributed by atoms with Crippen LogP contribution >= 0.6 is 11.9 Å². The van der Waals surface area contributed by atoms with Crippen molar-refractivity contribution in [2.45, 2.75) is 44.7 Å². The van der Waals surface area contributed by atoms with Gasteiger partial charge in [0.15, 0.2) is 5.82 Å². The summed E-state index contributed by atoms with van der Waals surface area (Å²) in [5, 5.41) is 9.68. The molecule has 1 fully saturated rings. The number of hydrogen-bond acceptors (Lipinski definition) is 6. The number of aromatic nitrogens is 4. The maximum Gasteiger partial charge on any atom is 0.159 e. The number of hydrogen-bond donors (Lipinski definition) is 0. The van der Waals surface area contributed by atoms with Gasteiger partial charge in [0, 0.05) is 75.0 Å². The third-order valence-corrected chi connectivity index (χ3v) is 8.14. The first-order valence-corrected chi connectivity index (χ1v) is 13.3. The monoisotopic (exact) mass is 464 g/mol. The highest BCUT2D eigenvalue weighted by atomic mass is 32.2. The molecule has 0 N–H and O–H groups in total. The van der Waals surface area contributed by atoms with Gasteiger partial charge in [-0.2, -0.15) is 10.2 Å². The Labute approximate surface area is 199 Å². The SMILES string of the molecule is CSN1CCc2c(c(N3CCCc4cc(-c5cnn(C)c5)ccc43)nn2C2CCOCC2)C1. The molecular weight excluding hydrogens is 432 g/mol. The van der Waals surface area contributed by atoms with Crippen LogP contribution in [0.4, 0.5) is 11.5 Å². The van der Waals surface area contributed by atoms with Gasteiger partial charge < -0.3 is 9.64 Å². The molecule has 0 spiro atoms. The zero-order valence-corrected chi connectivity index (χ0v) is 20.4. The zero-order chi connectivity index (χ0) is 22.4. The van der Waals surface area contributed by atoms with Crippen LogP contribution < -0.4 is 4.90 Å². The molecule has 1 saturated heterocycles. The highest BCUT2D eigenvalue weighted by Crippen LogP contribution is 2.41. The van der Waals surface area contributed by atoms with Crippen LogP contribution in [0.5, 0.6) is 0 Å². The zero-order valence-electron chi connectivity index (χ0n) is 19.5. The van der Waals surface area contributed by atoms with E-state index in [0.29, 0.717) is 6.04 Å². The Balaban J connectivity index is 1.40. The lowest BCUT2D eigenvalue weighted by atomic mass is 9.96. The molecule has 0 amide bonds. The summed E-state index contributed by atoms with van der Waals surface area (Å²) in [7, 11) is 1.97. The average Bonchev–Trinajstić information content (AvgIpc) is 3.47. The maximum atomic E-state index is 5.65. The van der Waals surface area contributed by atoms with E-state index in [1.165, 1.54) is 39.5 Å². The highest BCUT2D eigenvalue weighted by Gasteiger charge is 2.32. The number of anilines is 2. The molecule has 3 aliphatic rings. The summed E-state index contributed by atoms with van der Waals surface area (Å²) in [5.41, 5.74) is 8.01. The van der Waals surface area contributed by atoms with Gasteiger partial charge in [0.2, 0.25) is 0 Å². The maximum absolute atomic E-state index is 5.65. The second-order valence-electron chi connectivity index (χ2n) is 9.33. The van der Waals surface area contributed by atoms with Crippen molar-refractivity contribution in [2.24, 2.45) is 7.05 Å². The largest absolute Gasteiger partial charge is 0.381 e. The molecule has 2 aromatic heterocycles. The van der Waals surface area contributed by atoms with Gasteiger partial charge in [-0.1, -0.05) is 18.0 Å². The second-order valence-corrected chi connectivity index (χ2v) is 10.2. The fourth-order valence-electron chi connectivity index (χ4n) is 5.57. The lowest BCUT2D eigenvalue weighted by Crippen LogP contribution is -2.29. The first kappa shape index (κ1) is 21.3. The average molecular weight is 465 g/mol. The standard InChI is InChI=1S/C25H32N6OS/c1-28-16-20(15-26-28)18-5-6-23-19(14-18)4-3-10-30(23)25-22-17-29(33-2)11-7-24(22)31(27-25)21-8-12-32-13-9-21/h5-6,14-16,21H,3-4,7-13,17H2,1-2H3. The predicted octanol–water partition coefficient (Wildman–Crippen LogP) is 4.36. The Morgan fingerprint density at radius 2 is 1.97 bits per heavy atom. The summed E-state index contributed by atoms with van der Waals surface area (Å²) < 4.78 is 12.4. The molecule has 0 radical (unpaired) electrons. The van der Waals surface area contributed by atoms with Crippen molar-refractivity contribution in [3.63, 3.8) is 0 Å². The summed E-state index contributed by atoms with van der Waals surface area (Å²) in [6, 6.07) is 7.35. The van der Waals surface area contributed by atoms with Gasteiger partial charge in [-0.05, 0) is 55.2 Å². The summed E-state index contributed by atoms with van der Waals surface area (Å²) in [6.45, 7) is 4.77. The van der Waals surface area contributed by atoms with Crippen molar-refractivity contribution in [3.05, 3.63) is 47.4 Å². The molecule has 1 aromatic carbocycles. The first-order chi connectivity index (χ1) is 16.2. The number of nitrogens with zero attached hydrogens (tertiary/aromatic N) is 6. The van der Waals surface area contributed by atoms with E-state index < -0.39 is 0 Å². The Hall–Kier alpha value is -2.29. The van der Waals surface area contributed by atoms with Gasteiger partial charge in [0.25, 0.3) is 0 Å². The van der Waals surface area contributed by atoms with E-state index in [1.54, 1.807) is 0 Å². The fraction of sp³-hybridized carbons (Fsp3) is 0.520. The van der Waals surface area contributed by atoms with Crippen LogP contribution in [0.3, 0.4) is 0 Å². The Kier molecular flexibility index (Phi) is 5.68. The quantitative estimate of drug-likeness (QED) is 0.535. The minimum atomic E-state index is 0.458. The number of ether oxygens (including phenoxy) is 1. The smallest absolute Gasteiger partial charge is 0.159 e. The normalized spacial score (nSPS) is 19.5. The van der Waals surface area contributed by atoms with Crippen LogP contribution in [-0.2, 0) is 31.2 Å². The van der Waals surface area contributed by atoms with E-state index in [-0.39, 0.29) is 0 Å². The molecule has 3 aromatic rings. The van der Waals surface area contributed by atoms with Gasteiger partial charge in [0.1, 0.15) is 0 Å². The Morgan fingerprint density at radius 1 is 1.09 bits per heavy atom. The van der Waals surface area contributed by atoms with E-state index in [4.69, 9.17) is 9.84 Å². The number of fused-ring (bicyclic) bond motifs is 2. The van der Waals surface area contributed by atoms with E-state index in [0.717, 1.165) is 65.0 Å². The predicted molar refractivity (Wildman–Crippen MR) is 133 cm³/mol. The second kappa shape index (κ2) is 8.81. The van der Waals surface area contributed by atoms with Crippen LogP contribution in [-0.4, -0.2) is 56.4 Å². The van der Waals surface area contributed by atoms with Crippen molar-refractivity contribution >= 4 is 23.5 Å². The van der Waals surface area contributed by atoms with Gasteiger partial charge >= 0.3 is 0 Å². The van der Waals surface area contributed by atoms with Gasteiger partial charge in [0.05, 0.1) is 12.2 Å². The molecule has 0 unspecified atom stereocenters. The molecule has 0 saturated carbocycles. The third kappa shape index (κ3) is 3.88. The van der Waals surface area contributed by atoms with Crippen molar-refractivity contribution in [1.29, 1.82) is 0 Å². The summed E-state index contributed by atoms with van der Waals surface area (Å²) >= 11 is 1.85. The van der Waals surface area contributed by atoms with Crippen molar-refractivity contribution < 1.29 is 4.74 Å². The van der Waals surface area contributed by atoms with Crippen LogP contribution in [0.15, 0.2) is 30.6 Å². The van der Waals surface area contributed by atoms with Crippen molar-refractivity contribution in [2.75, 3.05) is 37.5 Å². The molecular formula is C25H32N6OS. The van der Waals surface area contributed by atoms with Crippen LogP contribution in [0, 0.1) is 0 Å². The van der Waals surface area contributed by atoms with E-state index in [9.17, 15) is 0 Å². The molecule has 3 aliphatic heterocycles. The third-order valence-electron chi connectivity index (χ3n) is 7.32. The lowest BCUT2D eigenvalue weighted by Gasteiger charge is -2.32. The van der Waals surface area contributed by atoms with E-state index in [2.05, 4.69) is 49.6 Å². The van der Waals surface area contributed by atoms with Gasteiger partial charge in [-0.15, -0.1) is 0 Å². The molecule has 0 bridgehead atoms. The van der Waals surface area contributed by atoms with Crippen molar-refractivity contribution in [3.8, 4) is 11.1 Å². The fourth-order valence-corrected chi connectivity index (χ4v) is 6.11. The van der Waals surface area contributed by atoms with Crippen LogP contribution in [0.2, 0.25) is 0 Å². The topological polar surface area (TPSA) is 51.3 Å². The molecule has 0 atom stereocenters. The molecule has 6 rings (SSSR count). The van der Waals surface area contributed by atoms with Gasteiger partial charge in [-0.3, -0.25) is 9.36 Å². The van der Waals surface area contributed by atoms with Crippen molar-refractivity contribution in [1.82, 2.24) is 23.9 Å². The molecule has 5 heterocycles. The number of aryl methyl sites for hydroxylation is 2. The van der Waals surface area contributed by atoms with E-state index >= 15 is 0 Å². The molecule has 7 nitrogen and oxygen atoms in total. The molecule has 33 heavy (non-hydrogen) atoms. The summed E-state index contributed by atoms with van der Waals surface area (Å²) in [4.78, 5) is 2.49. The highest BCUT2D eigenvalue weighted by molar-refractivity contribution is 7.96. The van der Waals surface area contributed by atoms with Gasteiger partial charge in [-0.25, -0.2) is 4.31 Å². The summed E-state index contributed by atoms with van der Waals surface area (Å²) in [5.74, 6) is 1.17.